The van der Waals surface area contributed by atoms with Gasteiger partial charge >= 0.3 is 19.8 Å². The molecule has 0 aliphatic heterocycles. The van der Waals surface area contributed by atoms with Crippen molar-refractivity contribution in [1.82, 2.24) is 0 Å². The van der Waals surface area contributed by atoms with Gasteiger partial charge in [0.15, 0.2) is 6.10 Å². The molecule has 10 nitrogen and oxygen atoms in total. The van der Waals surface area contributed by atoms with Crippen LogP contribution >= 0.6 is 7.82 Å². The van der Waals surface area contributed by atoms with E-state index in [2.05, 4.69) is 18.4 Å². The Morgan fingerprint density at radius 2 is 0.915 bits per heavy atom. The van der Waals surface area contributed by atoms with Gasteiger partial charge in [0.1, 0.15) is 12.7 Å². The first-order chi connectivity index (χ1) is 22.7. The maximum Gasteiger partial charge on any atom is 0.472 e. The molecule has 3 atom stereocenters. The summed E-state index contributed by atoms with van der Waals surface area (Å²) in [5.74, 6) is -0.916. The number of carbonyl (C=O) groups excluding carboxylic acids is 2. The number of hydrogen-bond acceptors (Lipinski definition) is 9. The zero-order chi connectivity index (χ0) is 34.9. The number of phosphoric acid groups is 1. The van der Waals surface area contributed by atoms with Gasteiger partial charge in [-0.1, -0.05) is 155 Å². The molecule has 0 aliphatic rings. The standard InChI is InChI=1S/C36H71O10P/c1-3-5-7-9-11-13-15-16-18-20-22-24-26-28-36(40)46-34(32-45-47(41,42)44-30-33(38)29-37)31-43-35(39)27-25-23-21-19-17-14-12-10-8-6-4-2/h33-34,37-38H,3-32H2,1-2H3,(H,41,42)/t33?,34-/m1/s1. The fourth-order valence-corrected chi connectivity index (χ4v) is 6.08. The maximum atomic E-state index is 12.5. The third-order valence-corrected chi connectivity index (χ3v) is 9.21. The van der Waals surface area contributed by atoms with Crippen LogP contribution in [-0.4, -0.2) is 65.7 Å². The summed E-state index contributed by atoms with van der Waals surface area (Å²) in [6.45, 7) is 2.37. The Kier molecular flexibility index (Phi) is 32.7. The quantitative estimate of drug-likeness (QED) is 0.0329. The van der Waals surface area contributed by atoms with E-state index in [1.807, 2.05) is 0 Å². The van der Waals surface area contributed by atoms with Gasteiger partial charge in [0.05, 0.1) is 19.8 Å². The number of unbranched alkanes of at least 4 members (excludes halogenated alkanes) is 22. The molecule has 0 amide bonds. The fourth-order valence-electron chi connectivity index (χ4n) is 5.29. The van der Waals surface area contributed by atoms with Gasteiger partial charge in [0.2, 0.25) is 0 Å². The summed E-state index contributed by atoms with van der Waals surface area (Å²) in [5, 5.41) is 18.2. The minimum atomic E-state index is -4.60. The number of carbonyl (C=O) groups is 2. The van der Waals surface area contributed by atoms with Crippen LogP contribution in [0.5, 0.6) is 0 Å². The summed E-state index contributed by atoms with van der Waals surface area (Å²) < 4.78 is 32.5. The van der Waals surface area contributed by atoms with Gasteiger partial charge in [0.25, 0.3) is 0 Å². The molecular formula is C36H71O10P. The van der Waals surface area contributed by atoms with Crippen LogP contribution in [-0.2, 0) is 32.7 Å². The second kappa shape index (κ2) is 33.5. The zero-order valence-electron chi connectivity index (χ0n) is 30.0. The second-order valence-electron chi connectivity index (χ2n) is 13.0. The Morgan fingerprint density at radius 1 is 0.553 bits per heavy atom. The molecule has 0 rings (SSSR count). The van der Waals surface area contributed by atoms with Gasteiger partial charge in [-0.3, -0.25) is 18.6 Å². The van der Waals surface area contributed by atoms with E-state index in [1.54, 1.807) is 0 Å². The molecule has 0 heterocycles. The molecule has 0 aromatic heterocycles. The average Bonchev–Trinajstić information content (AvgIpc) is 3.05. The van der Waals surface area contributed by atoms with Crippen molar-refractivity contribution in [2.75, 3.05) is 26.4 Å². The van der Waals surface area contributed by atoms with E-state index in [9.17, 15) is 24.2 Å². The van der Waals surface area contributed by atoms with Crippen LogP contribution in [0.2, 0.25) is 0 Å². The van der Waals surface area contributed by atoms with E-state index < -0.39 is 51.8 Å². The van der Waals surface area contributed by atoms with Gasteiger partial charge in [-0.2, -0.15) is 0 Å². The lowest BCUT2D eigenvalue weighted by atomic mass is 10.0. The van der Waals surface area contributed by atoms with E-state index in [0.29, 0.717) is 12.8 Å². The summed E-state index contributed by atoms with van der Waals surface area (Å²) in [7, 11) is -4.60. The highest BCUT2D eigenvalue weighted by molar-refractivity contribution is 7.47. The number of hydrogen-bond donors (Lipinski definition) is 3. The smallest absolute Gasteiger partial charge is 0.462 e. The molecule has 280 valence electrons. The van der Waals surface area contributed by atoms with E-state index in [-0.39, 0.29) is 19.4 Å². The molecule has 11 heteroatoms. The van der Waals surface area contributed by atoms with Crippen LogP contribution in [0.3, 0.4) is 0 Å². The average molecular weight is 695 g/mol. The fraction of sp³-hybridized carbons (Fsp3) is 0.944. The Morgan fingerprint density at radius 3 is 1.32 bits per heavy atom. The van der Waals surface area contributed by atoms with E-state index in [1.165, 1.54) is 103 Å². The molecule has 0 saturated carbocycles. The molecule has 2 unspecified atom stereocenters. The second-order valence-corrected chi connectivity index (χ2v) is 14.4. The van der Waals surface area contributed by atoms with E-state index in [4.69, 9.17) is 19.1 Å². The number of rotatable bonds is 36. The van der Waals surface area contributed by atoms with Gasteiger partial charge in [-0.15, -0.1) is 0 Å². The number of aliphatic hydroxyl groups is 2. The van der Waals surface area contributed by atoms with Crippen LogP contribution in [0, 0.1) is 0 Å². The highest BCUT2D eigenvalue weighted by atomic mass is 31.2. The first kappa shape index (κ1) is 46.0. The van der Waals surface area contributed by atoms with Crippen LogP contribution in [0.25, 0.3) is 0 Å². The zero-order valence-corrected chi connectivity index (χ0v) is 30.9. The third-order valence-electron chi connectivity index (χ3n) is 8.26. The largest absolute Gasteiger partial charge is 0.472 e. The van der Waals surface area contributed by atoms with Crippen LogP contribution < -0.4 is 0 Å². The van der Waals surface area contributed by atoms with Crippen molar-refractivity contribution in [3.05, 3.63) is 0 Å². The molecule has 0 saturated heterocycles. The summed E-state index contributed by atoms with van der Waals surface area (Å²) >= 11 is 0. The number of phosphoric ester groups is 1. The van der Waals surface area contributed by atoms with Crippen molar-refractivity contribution in [3.8, 4) is 0 Å². The van der Waals surface area contributed by atoms with Crippen molar-refractivity contribution < 1.29 is 47.8 Å². The minimum Gasteiger partial charge on any atom is -0.462 e. The molecule has 0 fully saturated rings. The first-order valence-electron chi connectivity index (χ1n) is 19.0. The highest BCUT2D eigenvalue weighted by Crippen LogP contribution is 2.43. The van der Waals surface area contributed by atoms with Gasteiger partial charge in [-0.25, -0.2) is 4.57 Å². The van der Waals surface area contributed by atoms with Crippen molar-refractivity contribution >= 4 is 19.8 Å². The molecular weight excluding hydrogens is 623 g/mol. The Hall–Kier alpha value is -1.03. The normalized spacial score (nSPS) is 14.1. The predicted molar refractivity (Wildman–Crippen MR) is 187 cm³/mol. The molecule has 0 spiro atoms. The van der Waals surface area contributed by atoms with E-state index in [0.717, 1.165) is 38.5 Å². The summed E-state index contributed by atoms with van der Waals surface area (Å²) in [4.78, 5) is 34.7. The summed E-state index contributed by atoms with van der Waals surface area (Å²) in [6.07, 6.45) is 26.4. The predicted octanol–water partition coefficient (Wildman–Crippen LogP) is 9.11. The SMILES string of the molecule is CCCCCCCCCCCCCCCC(=O)O[C@H](COC(=O)CCCCCCCCCCCCC)COP(=O)(O)OCC(O)CO. The molecule has 0 aliphatic carbocycles. The first-order valence-corrected chi connectivity index (χ1v) is 20.5. The Bertz CT molecular complexity index is 766. The maximum absolute atomic E-state index is 12.5. The summed E-state index contributed by atoms with van der Waals surface area (Å²) in [6, 6.07) is 0. The minimum absolute atomic E-state index is 0.191. The van der Waals surface area contributed by atoms with Crippen LogP contribution in [0.15, 0.2) is 0 Å². The van der Waals surface area contributed by atoms with Gasteiger partial charge in [0, 0.05) is 12.8 Å². The van der Waals surface area contributed by atoms with Crippen molar-refractivity contribution in [3.63, 3.8) is 0 Å². The lowest BCUT2D eigenvalue weighted by Gasteiger charge is -2.20. The van der Waals surface area contributed by atoms with Gasteiger partial charge in [-0.05, 0) is 12.8 Å². The molecule has 0 aromatic rings. The molecule has 0 radical (unpaired) electrons. The van der Waals surface area contributed by atoms with Crippen LogP contribution in [0.4, 0.5) is 0 Å². The van der Waals surface area contributed by atoms with Crippen LogP contribution in [0.1, 0.15) is 181 Å². The third kappa shape index (κ3) is 33.3. The van der Waals surface area contributed by atoms with Crippen molar-refractivity contribution in [2.24, 2.45) is 0 Å². The number of aliphatic hydroxyl groups excluding tert-OH is 2. The molecule has 3 N–H and O–H groups in total. The van der Waals surface area contributed by atoms with Crippen molar-refractivity contribution in [2.45, 2.75) is 193 Å². The molecule has 0 aromatic carbocycles. The van der Waals surface area contributed by atoms with Crippen molar-refractivity contribution in [1.29, 1.82) is 0 Å². The Labute approximate surface area is 286 Å². The molecule has 0 bridgehead atoms. The number of ether oxygens (including phenoxy) is 2. The topological polar surface area (TPSA) is 149 Å². The highest BCUT2D eigenvalue weighted by Gasteiger charge is 2.27. The Balaban J connectivity index is 4.35. The lowest BCUT2D eigenvalue weighted by Crippen LogP contribution is -2.29. The lowest BCUT2D eigenvalue weighted by molar-refractivity contribution is -0.161. The molecule has 47 heavy (non-hydrogen) atoms. The monoisotopic (exact) mass is 694 g/mol. The number of esters is 2. The summed E-state index contributed by atoms with van der Waals surface area (Å²) in [5.41, 5.74) is 0. The van der Waals surface area contributed by atoms with Gasteiger partial charge < -0.3 is 24.6 Å². The van der Waals surface area contributed by atoms with E-state index >= 15 is 0 Å².